The van der Waals surface area contributed by atoms with Crippen molar-refractivity contribution in [2.24, 2.45) is 5.92 Å². The SMILES string of the molecule is CCOC(=O)c1ccsc1NC(=O)CCC1CCNC1. The van der Waals surface area contributed by atoms with Gasteiger partial charge in [0.25, 0.3) is 0 Å². The predicted octanol–water partition coefficient (Wildman–Crippen LogP) is 2.25. The number of nitrogens with one attached hydrogen (secondary N) is 2. The first-order chi connectivity index (χ1) is 9.70. The van der Waals surface area contributed by atoms with Crippen LogP contribution in [0.15, 0.2) is 11.4 Å². The first-order valence-electron chi connectivity index (χ1n) is 6.96. The Labute approximate surface area is 122 Å². The molecule has 1 aromatic rings. The molecular weight excluding hydrogens is 276 g/mol. The second-order valence-corrected chi connectivity index (χ2v) is 5.75. The standard InChI is InChI=1S/C14H20N2O3S/c1-2-19-14(18)11-6-8-20-13(11)16-12(17)4-3-10-5-7-15-9-10/h6,8,10,15H,2-5,7,9H2,1H3,(H,16,17). The highest BCUT2D eigenvalue weighted by Crippen LogP contribution is 2.24. The summed E-state index contributed by atoms with van der Waals surface area (Å²) in [5, 5.41) is 8.46. The molecule has 0 aromatic carbocycles. The Morgan fingerprint density at radius 3 is 3.10 bits per heavy atom. The Hall–Kier alpha value is -1.40. The third-order valence-electron chi connectivity index (χ3n) is 3.36. The van der Waals surface area contributed by atoms with Crippen molar-refractivity contribution in [2.45, 2.75) is 26.2 Å². The van der Waals surface area contributed by atoms with E-state index < -0.39 is 0 Å². The summed E-state index contributed by atoms with van der Waals surface area (Å²) in [6.45, 7) is 4.14. The molecule has 1 aliphatic rings. The molecule has 2 rings (SSSR count). The molecule has 110 valence electrons. The molecule has 6 heteroatoms. The second kappa shape index (κ2) is 7.40. The molecule has 1 amide bonds. The van der Waals surface area contributed by atoms with Crippen molar-refractivity contribution in [3.05, 3.63) is 17.0 Å². The first-order valence-corrected chi connectivity index (χ1v) is 7.84. The molecule has 5 nitrogen and oxygen atoms in total. The van der Waals surface area contributed by atoms with Crippen LogP contribution in [-0.2, 0) is 9.53 Å². The average molecular weight is 296 g/mol. The summed E-state index contributed by atoms with van der Waals surface area (Å²) >= 11 is 1.35. The van der Waals surface area contributed by atoms with E-state index in [0.29, 0.717) is 29.5 Å². The zero-order chi connectivity index (χ0) is 14.4. The van der Waals surface area contributed by atoms with Crippen LogP contribution < -0.4 is 10.6 Å². The van der Waals surface area contributed by atoms with E-state index in [1.807, 2.05) is 0 Å². The minimum atomic E-state index is -0.385. The Morgan fingerprint density at radius 1 is 1.55 bits per heavy atom. The molecule has 1 fully saturated rings. The summed E-state index contributed by atoms with van der Waals surface area (Å²) in [5.41, 5.74) is 0.438. The van der Waals surface area contributed by atoms with Crippen LogP contribution >= 0.6 is 11.3 Å². The van der Waals surface area contributed by atoms with Gasteiger partial charge < -0.3 is 15.4 Å². The minimum absolute atomic E-state index is 0.0371. The maximum Gasteiger partial charge on any atom is 0.341 e. The number of rotatable bonds is 6. The molecule has 0 aliphatic carbocycles. The third kappa shape index (κ3) is 4.05. The summed E-state index contributed by atoms with van der Waals surface area (Å²) in [6, 6.07) is 1.68. The highest BCUT2D eigenvalue weighted by atomic mass is 32.1. The normalized spacial score (nSPS) is 17.9. The van der Waals surface area contributed by atoms with Gasteiger partial charge in [0.15, 0.2) is 0 Å². The van der Waals surface area contributed by atoms with Crippen molar-refractivity contribution in [2.75, 3.05) is 25.0 Å². The second-order valence-electron chi connectivity index (χ2n) is 4.83. The van der Waals surface area contributed by atoms with Gasteiger partial charge in [-0.3, -0.25) is 4.79 Å². The molecular formula is C14H20N2O3S. The van der Waals surface area contributed by atoms with E-state index in [-0.39, 0.29) is 11.9 Å². The number of carbonyl (C=O) groups is 2. The molecule has 1 aromatic heterocycles. The lowest BCUT2D eigenvalue weighted by Gasteiger charge is -2.09. The Kier molecular flexibility index (Phi) is 5.55. The smallest absolute Gasteiger partial charge is 0.341 e. The van der Waals surface area contributed by atoms with Crippen LogP contribution in [0.5, 0.6) is 0 Å². The molecule has 20 heavy (non-hydrogen) atoms. The number of esters is 1. The van der Waals surface area contributed by atoms with Crippen molar-refractivity contribution in [1.82, 2.24) is 5.32 Å². The van der Waals surface area contributed by atoms with Crippen LogP contribution in [0.2, 0.25) is 0 Å². The fraction of sp³-hybridized carbons (Fsp3) is 0.571. The van der Waals surface area contributed by atoms with Crippen molar-refractivity contribution in [1.29, 1.82) is 0 Å². The quantitative estimate of drug-likeness (QED) is 0.790. The van der Waals surface area contributed by atoms with Gasteiger partial charge in [0, 0.05) is 6.42 Å². The van der Waals surface area contributed by atoms with Gasteiger partial charge in [-0.25, -0.2) is 4.79 Å². The lowest BCUT2D eigenvalue weighted by Crippen LogP contribution is -2.16. The summed E-state index contributed by atoms with van der Waals surface area (Å²) in [4.78, 5) is 23.6. The van der Waals surface area contributed by atoms with Gasteiger partial charge in [0.1, 0.15) is 5.00 Å². The van der Waals surface area contributed by atoms with Gasteiger partial charge in [0.05, 0.1) is 12.2 Å². The zero-order valence-corrected chi connectivity index (χ0v) is 12.4. The maximum absolute atomic E-state index is 11.9. The lowest BCUT2D eigenvalue weighted by atomic mass is 10.0. The molecule has 1 saturated heterocycles. The largest absolute Gasteiger partial charge is 0.462 e. The van der Waals surface area contributed by atoms with E-state index in [9.17, 15) is 9.59 Å². The molecule has 0 saturated carbocycles. The molecule has 1 aliphatic heterocycles. The zero-order valence-electron chi connectivity index (χ0n) is 11.6. The highest BCUT2D eigenvalue weighted by Gasteiger charge is 2.18. The van der Waals surface area contributed by atoms with Crippen LogP contribution in [0, 0.1) is 5.92 Å². The first kappa shape index (κ1) is 15.0. The molecule has 0 spiro atoms. The highest BCUT2D eigenvalue weighted by molar-refractivity contribution is 7.14. The number of ether oxygens (including phenoxy) is 1. The van der Waals surface area contributed by atoms with E-state index in [0.717, 1.165) is 25.9 Å². The van der Waals surface area contributed by atoms with E-state index in [1.165, 1.54) is 11.3 Å². The van der Waals surface area contributed by atoms with Gasteiger partial charge in [-0.05, 0) is 50.2 Å². The average Bonchev–Trinajstić information content (AvgIpc) is 3.07. The van der Waals surface area contributed by atoms with Crippen molar-refractivity contribution < 1.29 is 14.3 Å². The number of anilines is 1. The Bertz CT molecular complexity index is 467. The predicted molar refractivity (Wildman–Crippen MR) is 79.1 cm³/mol. The topological polar surface area (TPSA) is 67.4 Å². The molecule has 0 bridgehead atoms. The molecule has 1 unspecified atom stereocenters. The summed E-state index contributed by atoms with van der Waals surface area (Å²) < 4.78 is 4.96. The van der Waals surface area contributed by atoms with Gasteiger partial charge >= 0.3 is 5.97 Å². The van der Waals surface area contributed by atoms with E-state index in [4.69, 9.17) is 4.74 Å². The molecule has 0 radical (unpaired) electrons. The van der Waals surface area contributed by atoms with Crippen molar-refractivity contribution in [3.8, 4) is 0 Å². The van der Waals surface area contributed by atoms with Crippen LogP contribution in [0.25, 0.3) is 0 Å². The van der Waals surface area contributed by atoms with E-state index in [2.05, 4.69) is 10.6 Å². The number of thiophene rings is 1. The number of hydrogen-bond donors (Lipinski definition) is 2. The Morgan fingerprint density at radius 2 is 2.40 bits per heavy atom. The van der Waals surface area contributed by atoms with Gasteiger partial charge in [-0.1, -0.05) is 0 Å². The van der Waals surface area contributed by atoms with E-state index >= 15 is 0 Å². The van der Waals surface area contributed by atoms with Crippen LogP contribution in [0.1, 0.15) is 36.5 Å². The molecule has 2 N–H and O–H groups in total. The van der Waals surface area contributed by atoms with Crippen LogP contribution in [-0.4, -0.2) is 31.6 Å². The van der Waals surface area contributed by atoms with Crippen LogP contribution in [0.4, 0.5) is 5.00 Å². The number of hydrogen-bond acceptors (Lipinski definition) is 5. The van der Waals surface area contributed by atoms with Gasteiger partial charge in [-0.2, -0.15) is 0 Å². The summed E-state index contributed by atoms with van der Waals surface area (Å²) in [5.74, 6) is 0.169. The number of carbonyl (C=O) groups excluding carboxylic acids is 2. The summed E-state index contributed by atoms with van der Waals surface area (Å²) in [6.07, 6.45) is 2.52. The number of amides is 1. The van der Waals surface area contributed by atoms with Crippen molar-refractivity contribution >= 4 is 28.2 Å². The lowest BCUT2D eigenvalue weighted by molar-refractivity contribution is -0.116. The Balaban J connectivity index is 1.84. The monoisotopic (exact) mass is 296 g/mol. The van der Waals surface area contributed by atoms with Gasteiger partial charge in [0.2, 0.25) is 5.91 Å². The van der Waals surface area contributed by atoms with E-state index in [1.54, 1.807) is 18.4 Å². The third-order valence-corrected chi connectivity index (χ3v) is 4.19. The van der Waals surface area contributed by atoms with Crippen molar-refractivity contribution in [3.63, 3.8) is 0 Å². The summed E-state index contributed by atoms with van der Waals surface area (Å²) in [7, 11) is 0. The fourth-order valence-electron chi connectivity index (χ4n) is 2.26. The van der Waals surface area contributed by atoms with Crippen LogP contribution in [0.3, 0.4) is 0 Å². The maximum atomic E-state index is 11.9. The van der Waals surface area contributed by atoms with Gasteiger partial charge in [-0.15, -0.1) is 11.3 Å². The molecule has 1 atom stereocenters. The molecule has 2 heterocycles. The fourth-order valence-corrected chi connectivity index (χ4v) is 3.05. The minimum Gasteiger partial charge on any atom is -0.462 e.